The van der Waals surface area contributed by atoms with Crippen LogP contribution < -0.4 is 5.32 Å². The van der Waals surface area contributed by atoms with Gasteiger partial charge in [0, 0.05) is 26.2 Å². The van der Waals surface area contributed by atoms with Gasteiger partial charge >= 0.3 is 6.09 Å². The first-order valence-electron chi connectivity index (χ1n) is 11.2. The van der Waals surface area contributed by atoms with Gasteiger partial charge in [-0.25, -0.2) is 4.79 Å². The molecule has 4 heterocycles. The molecule has 2 saturated heterocycles. The van der Waals surface area contributed by atoms with E-state index in [9.17, 15) is 4.79 Å². The van der Waals surface area contributed by atoms with Gasteiger partial charge in [-0.2, -0.15) is 0 Å². The van der Waals surface area contributed by atoms with Crippen molar-refractivity contribution < 1.29 is 13.9 Å². The molecule has 0 spiro atoms. The Morgan fingerprint density at radius 3 is 2.77 bits per heavy atom. The number of rotatable bonds is 4. The highest BCUT2D eigenvalue weighted by molar-refractivity contribution is 5.82. The third-order valence-electron chi connectivity index (χ3n) is 6.01. The molecule has 1 N–H and O–H groups in total. The van der Waals surface area contributed by atoms with E-state index in [1.165, 1.54) is 19.3 Å². The average molecular weight is 418 g/mol. The first kappa shape index (κ1) is 21.0. The summed E-state index contributed by atoms with van der Waals surface area (Å²) in [6, 6.07) is 4.46. The SMILES string of the molecule is CC(C)(C)OC(=O)N1CCN2C(NCC(c3ccco3)N3CCCCC3)=NCC2C1. The van der Waals surface area contributed by atoms with E-state index in [-0.39, 0.29) is 18.2 Å². The third-order valence-corrected chi connectivity index (χ3v) is 6.01. The minimum absolute atomic E-state index is 0.213. The molecule has 1 aromatic heterocycles. The number of nitrogens with zero attached hydrogens (tertiary/aromatic N) is 4. The number of hydrogen-bond donors (Lipinski definition) is 1. The summed E-state index contributed by atoms with van der Waals surface area (Å²) in [5.74, 6) is 1.95. The van der Waals surface area contributed by atoms with Crippen LogP contribution >= 0.6 is 0 Å². The fourth-order valence-corrected chi connectivity index (χ4v) is 4.53. The molecule has 0 aliphatic carbocycles. The van der Waals surface area contributed by atoms with E-state index in [1.54, 1.807) is 6.26 Å². The Morgan fingerprint density at radius 1 is 1.27 bits per heavy atom. The quantitative estimate of drug-likeness (QED) is 0.812. The Balaban J connectivity index is 1.33. The summed E-state index contributed by atoms with van der Waals surface area (Å²) >= 11 is 0. The molecule has 166 valence electrons. The second kappa shape index (κ2) is 8.88. The highest BCUT2D eigenvalue weighted by Gasteiger charge is 2.37. The fourth-order valence-electron chi connectivity index (χ4n) is 4.53. The van der Waals surface area contributed by atoms with Gasteiger partial charge in [-0.15, -0.1) is 0 Å². The van der Waals surface area contributed by atoms with Crippen LogP contribution in [-0.4, -0.2) is 84.2 Å². The van der Waals surface area contributed by atoms with Crippen molar-refractivity contribution in [2.75, 3.05) is 45.8 Å². The monoisotopic (exact) mass is 417 g/mol. The van der Waals surface area contributed by atoms with Crippen LogP contribution in [0.1, 0.15) is 51.8 Å². The van der Waals surface area contributed by atoms with Crippen molar-refractivity contribution in [3.05, 3.63) is 24.2 Å². The number of fused-ring (bicyclic) bond motifs is 1. The van der Waals surface area contributed by atoms with Gasteiger partial charge in [-0.3, -0.25) is 9.89 Å². The van der Waals surface area contributed by atoms with E-state index in [0.717, 1.165) is 37.9 Å². The fraction of sp³-hybridized carbons (Fsp3) is 0.727. The number of hydrogen-bond acceptors (Lipinski definition) is 7. The van der Waals surface area contributed by atoms with Crippen LogP contribution in [0.5, 0.6) is 0 Å². The van der Waals surface area contributed by atoms with Crippen LogP contribution in [0.3, 0.4) is 0 Å². The van der Waals surface area contributed by atoms with E-state index in [1.807, 2.05) is 31.7 Å². The lowest BCUT2D eigenvalue weighted by molar-refractivity contribution is 0.0137. The van der Waals surface area contributed by atoms with Gasteiger partial charge in [0.25, 0.3) is 0 Å². The number of piperidine rings is 1. The van der Waals surface area contributed by atoms with E-state index in [0.29, 0.717) is 19.6 Å². The van der Waals surface area contributed by atoms with Gasteiger partial charge < -0.3 is 24.3 Å². The Hall–Kier alpha value is -2.22. The van der Waals surface area contributed by atoms with E-state index < -0.39 is 5.60 Å². The van der Waals surface area contributed by atoms with Gasteiger partial charge in [0.05, 0.1) is 24.9 Å². The maximum atomic E-state index is 12.4. The Kier molecular flexibility index (Phi) is 6.22. The lowest BCUT2D eigenvalue weighted by Gasteiger charge is -2.40. The summed E-state index contributed by atoms with van der Waals surface area (Å²) in [6.45, 7) is 11.5. The molecule has 0 saturated carbocycles. The maximum absolute atomic E-state index is 12.4. The Bertz CT molecular complexity index is 736. The first-order chi connectivity index (χ1) is 14.4. The van der Waals surface area contributed by atoms with Crippen molar-refractivity contribution in [1.82, 2.24) is 20.0 Å². The number of aliphatic imine (C=N–C) groups is 1. The second-order valence-electron chi connectivity index (χ2n) is 9.45. The van der Waals surface area contributed by atoms with Crippen LogP contribution in [0.15, 0.2) is 27.8 Å². The first-order valence-corrected chi connectivity index (χ1v) is 11.2. The number of carbonyl (C=O) groups excluding carboxylic acids is 1. The zero-order chi connectivity index (χ0) is 21.1. The van der Waals surface area contributed by atoms with E-state index in [2.05, 4.69) is 21.2 Å². The van der Waals surface area contributed by atoms with Crippen molar-refractivity contribution in [3.8, 4) is 0 Å². The summed E-state index contributed by atoms with van der Waals surface area (Å²) in [7, 11) is 0. The zero-order valence-corrected chi connectivity index (χ0v) is 18.5. The van der Waals surface area contributed by atoms with Gasteiger partial charge in [-0.1, -0.05) is 6.42 Å². The van der Waals surface area contributed by atoms with Crippen molar-refractivity contribution >= 4 is 12.1 Å². The summed E-state index contributed by atoms with van der Waals surface area (Å²) in [4.78, 5) is 23.8. The van der Waals surface area contributed by atoms with Crippen molar-refractivity contribution in [2.45, 2.75) is 57.7 Å². The number of amides is 1. The minimum atomic E-state index is -0.470. The van der Waals surface area contributed by atoms with E-state index in [4.69, 9.17) is 14.1 Å². The number of furan rings is 1. The highest BCUT2D eigenvalue weighted by Crippen LogP contribution is 2.25. The minimum Gasteiger partial charge on any atom is -0.468 e. The molecule has 3 aliphatic heterocycles. The molecule has 30 heavy (non-hydrogen) atoms. The predicted octanol–water partition coefficient (Wildman–Crippen LogP) is 2.69. The van der Waals surface area contributed by atoms with Crippen molar-refractivity contribution in [1.29, 1.82) is 0 Å². The van der Waals surface area contributed by atoms with Crippen LogP contribution in [0, 0.1) is 0 Å². The summed E-state index contributed by atoms with van der Waals surface area (Å²) in [5, 5.41) is 3.59. The molecular formula is C22H35N5O3. The number of carbonyl (C=O) groups is 1. The molecule has 4 rings (SSSR count). The van der Waals surface area contributed by atoms with Crippen LogP contribution in [-0.2, 0) is 4.74 Å². The topological polar surface area (TPSA) is 73.6 Å². The maximum Gasteiger partial charge on any atom is 0.410 e. The standard InChI is InChI=1S/C22H35N5O3/c1-22(2,3)30-21(28)26-11-12-27-17(16-26)14-23-20(27)24-15-18(19-8-7-13-29-19)25-9-5-4-6-10-25/h7-8,13,17-18H,4-6,9-12,14-16H2,1-3H3,(H,23,24). The zero-order valence-electron chi connectivity index (χ0n) is 18.5. The number of piperazine rings is 1. The molecule has 2 atom stereocenters. The van der Waals surface area contributed by atoms with Crippen molar-refractivity contribution in [3.63, 3.8) is 0 Å². The van der Waals surface area contributed by atoms with Gasteiger partial charge in [0.2, 0.25) is 0 Å². The van der Waals surface area contributed by atoms with E-state index >= 15 is 0 Å². The molecular weight excluding hydrogens is 382 g/mol. The van der Waals surface area contributed by atoms with Gasteiger partial charge in [0.1, 0.15) is 11.4 Å². The predicted molar refractivity (Wildman–Crippen MR) is 115 cm³/mol. The number of ether oxygens (including phenoxy) is 1. The molecule has 0 bridgehead atoms. The second-order valence-corrected chi connectivity index (χ2v) is 9.45. The van der Waals surface area contributed by atoms with Crippen LogP contribution in [0.25, 0.3) is 0 Å². The lowest BCUT2D eigenvalue weighted by Crippen LogP contribution is -2.58. The molecule has 3 aliphatic rings. The molecule has 2 unspecified atom stereocenters. The Labute approximate surface area is 179 Å². The molecule has 0 radical (unpaired) electrons. The molecule has 1 aromatic rings. The summed E-state index contributed by atoms with van der Waals surface area (Å²) in [5.41, 5.74) is -0.470. The van der Waals surface area contributed by atoms with Gasteiger partial charge in [0.15, 0.2) is 5.96 Å². The van der Waals surface area contributed by atoms with Crippen LogP contribution in [0.4, 0.5) is 4.79 Å². The largest absolute Gasteiger partial charge is 0.468 e. The van der Waals surface area contributed by atoms with Crippen molar-refractivity contribution in [2.24, 2.45) is 4.99 Å². The highest BCUT2D eigenvalue weighted by atomic mass is 16.6. The molecule has 2 fully saturated rings. The third kappa shape index (κ3) is 4.91. The number of likely N-dealkylation sites (tertiary alicyclic amines) is 1. The lowest BCUT2D eigenvalue weighted by atomic mass is 10.1. The van der Waals surface area contributed by atoms with Gasteiger partial charge in [-0.05, 0) is 58.8 Å². The number of nitrogens with one attached hydrogen (secondary N) is 1. The Morgan fingerprint density at radius 2 is 2.07 bits per heavy atom. The molecule has 1 amide bonds. The number of guanidine groups is 1. The molecule has 8 nitrogen and oxygen atoms in total. The normalized spacial score (nSPS) is 23.7. The summed E-state index contributed by atoms with van der Waals surface area (Å²) < 4.78 is 11.3. The smallest absolute Gasteiger partial charge is 0.410 e. The van der Waals surface area contributed by atoms with Crippen LogP contribution in [0.2, 0.25) is 0 Å². The summed E-state index contributed by atoms with van der Waals surface area (Å²) in [6.07, 6.45) is 5.32. The average Bonchev–Trinajstić information content (AvgIpc) is 3.38. The molecule has 8 heteroatoms. The molecule has 0 aromatic carbocycles.